The maximum Gasteiger partial charge on any atom is 0.312 e. The van der Waals surface area contributed by atoms with E-state index in [-0.39, 0.29) is 34.1 Å². The van der Waals surface area contributed by atoms with Crippen molar-refractivity contribution in [1.82, 2.24) is 9.73 Å². The van der Waals surface area contributed by atoms with Gasteiger partial charge in [0.05, 0.1) is 16.0 Å². The minimum absolute atomic E-state index is 0.00147. The maximum absolute atomic E-state index is 12.6. The second-order valence-corrected chi connectivity index (χ2v) is 8.31. The van der Waals surface area contributed by atoms with E-state index in [0.29, 0.717) is 0 Å². The zero-order valence-electron chi connectivity index (χ0n) is 16.1. The Morgan fingerprint density at radius 1 is 1.30 bits per heavy atom. The highest BCUT2D eigenvalue weighted by molar-refractivity contribution is 7.89. The van der Waals surface area contributed by atoms with Crippen LogP contribution in [0.3, 0.4) is 0 Å². The topological polar surface area (TPSA) is 142 Å². The largest absolute Gasteiger partial charge is 0.502 e. The van der Waals surface area contributed by atoms with Crippen LogP contribution in [0.5, 0.6) is 5.75 Å². The number of carbonyl (C=O) groups is 1. The van der Waals surface area contributed by atoms with Gasteiger partial charge in [-0.05, 0) is 24.3 Å². The number of rotatable bonds is 8. The van der Waals surface area contributed by atoms with E-state index in [4.69, 9.17) is 11.6 Å². The molecule has 0 saturated carbocycles. The second-order valence-electron chi connectivity index (χ2n) is 5.94. The third-order valence-electron chi connectivity index (χ3n) is 4.09. The molecule has 2 N–H and O–H groups in total. The van der Waals surface area contributed by atoms with E-state index in [1.165, 1.54) is 34.6 Å². The molecule has 10 nitrogen and oxygen atoms in total. The van der Waals surface area contributed by atoms with E-state index in [9.17, 15) is 28.4 Å². The van der Waals surface area contributed by atoms with E-state index in [2.05, 4.69) is 10.5 Å². The Morgan fingerprint density at radius 3 is 2.57 bits per heavy atom. The molecular weight excluding hydrogens is 436 g/mol. The number of nitro benzene ring substituents is 1. The van der Waals surface area contributed by atoms with Crippen molar-refractivity contribution in [1.29, 1.82) is 0 Å². The minimum Gasteiger partial charge on any atom is -0.502 e. The highest BCUT2D eigenvalue weighted by atomic mass is 35.5. The highest BCUT2D eigenvalue weighted by Crippen LogP contribution is 2.32. The van der Waals surface area contributed by atoms with Crippen LogP contribution in [0.2, 0.25) is 5.02 Å². The Balaban J connectivity index is 2.23. The Kier molecular flexibility index (Phi) is 7.48. The number of carbonyl (C=O) groups excluding carboxylic acids is 1. The lowest BCUT2D eigenvalue weighted by molar-refractivity contribution is -0.385. The third kappa shape index (κ3) is 5.12. The number of halogens is 1. The number of nitrogens with one attached hydrogen (secondary N) is 1. The fraction of sp³-hybridized carbons (Fsp3) is 0.222. The van der Waals surface area contributed by atoms with Gasteiger partial charge in [-0.1, -0.05) is 31.5 Å². The van der Waals surface area contributed by atoms with Crippen LogP contribution in [0, 0.1) is 10.1 Å². The van der Waals surface area contributed by atoms with Gasteiger partial charge in [-0.3, -0.25) is 14.9 Å². The first-order valence-corrected chi connectivity index (χ1v) is 10.5. The lowest BCUT2D eigenvalue weighted by atomic mass is 10.2. The first-order chi connectivity index (χ1) is 14.1. The molecule has 0 aliphatic rings. The van der Waals surface area contributed by atoms with E-state index in [1.54, 1.807) is 13.8 Å². The van der Waals surface area contributed by atoms with E-state index in [1.807, 2.05) is 0 Å². The Labute approximate surface area is 178 Å². The van der Waals surface area contributed by atoms with E-state index < -0.39 is 32.3 Å². The molecule has 0 unspecified atom stereocenters. The number of phenols is 1. The number of nitrogens with zero attached hydrogens (tertiary/aromatic N) is 3. The summed E-state index contributed by atoms with van der Waals surface area (Å²) in [4.78, 5) is 22.4. The van der Waals surface area contributed by atoms with Crippen LogP contribution >= 0.6 is 11.6 Å². The zero-order chi connectivity index (χ0) is 22.5. The summed E-state index contributed by atoms with van der Waals surface area (Å²) in [5.74, 6) is -1.37. The summed E-state index contributed by atoms with van der Waals surface area (Å²) in [7, 11) is -3.74. The number of hydrogen-bond donors (Lipinski definition) is 2. The van der Waals surface area contributed by atoms with Crippen LogP contribution in [0.25, 0.3) is 0 Å². The summed E-state index contributed by atoms with van der Waals surface area (Å²) < 4.78 is 26.4. The predicted molar refractivity (Wildman–Crippen MR) is 111 cm³/mol. The third-order valence-corrected chi connectivity index (χ3v) is 6.35. The monoisotopic (exact) mass is 454 g/mol. The molecule has 30 heavy (non-hydrogen) atoms. The van der Waals surface area contributed by atoms with Crippen LogP contribution in [0.15, 0.2) is 46.4 Å². The first kappa shape index (κ1) is 23.3. The van der Waals surface area contributed by atoms with Gasteiger partial charge in [0.1, 0.15) is 0 Å². The van der Waals surface area contributed by atoms with Crippen molar-refractivity contribution in [2.45, 2.75) is 18.7 Å². The van der Waals surface area contributed by atoms with Gasteiger partial charge in [-0.2, -0.15) is 9.41 Å². The average molecular weight is 455 g/mol. The molecule has 160 valence electrons. The maximum atomic E-state index is 12.6. The van der Waals surface area contributed by atoms with Crippen LogP contribution in [0.1, 0.15) is 29.8 Å². The van der Waals surface area contributed by atoms with Crippen molar-refractivity contribution in [2.24, 2.45) is 5.10 Å². The first-order valence-electron chi connectivity index (χ1n) is 8.72. The number of hydrogen-bond acceptors (Lipinski definition) is 7. The summed E-state index contributed by atoms with van der Waals surface area (Å²) in [5, 5.41) is 24.5. The van der Waals surface area contributed by atoms with Crippen LogP contribution in [0.4, 0.5) is 5.69 Å². The van der Waals surface area contributed by atoms with Crippen molar-refractivity contribution >= 4 is 39.4 Å². The molecule has 0 saturated heterocycles. The van der Waals surface area contributed by atoms with Crippen LogP contribution in [-0.4, -0.2) is 48.0 Å². The van der Waals surface area contributed by atoms with Crippen LogP contribution < -0.4 is 5.43 Å². The number of hydrazone groups is 1. The number of phenolic OH excluding ortho intramolecular Hbond substituents is 1. The molecule has 12 heteroatoms. The number of nitro groups is 1. The van der Waals surface area contributed by atoms with Crippen molar-refractivity contribution in [3.8, 4) is 5.75 Å². The van der Waals surface area contributed by atoms with Gasteiger partial charge in [-0.25, -0.2) is 13.8 Å². The Bertz CT molecular complexity index is 1100. The van der Waals surface area contributed by atoms with Crippen molar-refractivity contribution in [2.75, 3.05) is 13.1 Å². The predicted octanol–water partition coefficient (Wildman–Crippen LogP) is 2.75. The van der Waals surface area contributed by atoms with Gasteiger partial charge in [0.2, 0.25) is 15.8 Å². The summed E-state index contributed by atoms with van der Waals surface area (Å²) in [6.07, 6.45) is 0.989. The number of sulfonamides is 1. The molecule has 2 rings (SSSR count). The van der Waals surface area contributed by atoms with Crippen molar-refractivity contribution < 1.29 is 23.2 Å². The molecule has 2 aromatic rings. The molecule has 0 fully saturated rings. The molecule has 1 amide bonds. The Morgan fingerprint density at radius 2 is 1.97 bits per heavy atom. The number of benzene rings is 2. The molecule has 0 heterocycles. The van der Waals surface area contributed by atoms with Gasteiger partial charge >= 0.3 is 5.69 Å². The standard InChI is InChI=1S/C18H19ClN4O6S/c1-3-22(4-2)30(28,29)15-7-5-6-12(9-15)18(25)21-20-11-13-8-14(19)10-16(17(13)24)23(26)27/h5-11,24H,3-4H2,1-2H3,(H,21,25)/b20-11+. The van der Waals surface area contributed by atoms with Gasteiger partial charge in [0, 0.05) is 35.3 Å². The van der Waals surface area contributed by atoms with Crippen LogP contribution in [-0.2, 0) is 10.0 Å². The summed E-state index contributed by atoms with van der Waals surface area (Å²) >= 11 is 5.79. The summed E-state index contributed by atoms with van der Waals surface area (Å²) in [5.41, 5.74) is 1.54. The molecule has 0 aromatic heterocycles. The summed E-state index contributed by atoms with van der Waals surface area (Å²) in [6.45, 7) is 3.99. The van der Waals surface area contributed by atoms with Gasteiger partial charge in [0.15, 0.2) is 0 Å². The average Bonchev–Trinajstić information content (AvgIpc) is 2.70. The highest BCUT2D eigenvalue weighted by Gasteiger charge is 2.22. The molecule has 0 radical (unpaired) electrons. The smallest absolute Gasteiger partial charge is 0.312 e. The van der Waals surface area contributed by atoms with Gasteiger partial charge < -0.3 is 5.11 Å². The quantitative estimate of drug-likeness (QED) is 0.356. The summed E-state index contributed by atoms with van der Waals surface area (Å²) in [6, 6.07) is 7.66. The normalized spacial score (nSPS) is 11.7. The lowest BCUT2D eigenvalue weighted by Crippen LogP contribution is -2.30. The molecule has 0 aliphatic heterocycles. The molecule has 0 aliphatic carbocycles. The molecule has 0 atom stereocenters. The molecular formula is C18H19ClN4O6S. The molecule has 0 bridgehead atoms. The second kappa shape index (κ2) is 9.65. The number of amides is 1. The fourth-order valence-corrected chi connectivity index (χ4v) is 4.30. The molecule has 2 aromatic carbocycles. The van der Waals surface area contributed by atoms with Crippen molar-refractivity contribution in [3.05, 3.63) is 62.7 Å². The van der Waals surface area contributed by atoms with Gasteiger partial charge in [0.25, 0.3) is 5.91 Å². The zero-order valence-corrected chi connectivity index (χ0v) is 17.6. The Hall–Kier alpha value is -3.02. The number of aromatic hydroxyl groups is 1. The van der Waals surface area contributed by atoms with Crippen molar-refractivity contribution in [3.63, 3.8) is 0 Å². The van der Waals surface area contributed by atoms with E-state index >= 15 is 0 Å². The van der Waals surface area contributed by atoms with E-state index in [0.717, 1.165) is 12.3 Å². The lowest BCUT2D eigenvalue weighted by Gasteiger charge is -2.18. The fourth-order valence-electron chi connectivity index (χ4n) is 2.58. The molecule has 0 spiro atoms. The van der Waals surface area contributed by atoms with Gasteiger partial charge in [-0.15, -0.1) is 0 Å². The SMILES string of the molecule is CCN(CC)S(=O)(=O)c1cccc(C(=O)N/N=C/c2cc(Cl)cc([N+](=O)[O-])c2O)c1. The minimum atomic E-state index is -3.74.